The molecule has 1 aliphatic heterocycles. The molecule has 108 valence electrons. The summed E-state index contributed by atoms with van der Waals surface area (Å²) in [6.07, 6.45) is 2.17. The first-order valence-corrected chi connectivity index (χ1v) is 7.67. The van der Waals surface area contributed by atoms with E-state index in [0.717, 1.165) is 11.3 Å². The van der Waals surface area contributed by atoms with Crippen LogP contribution < -0.4 is 4.90 Å². The highest BCUT2D eigenvalue weighted by molar-refractivity contribution is 9.10. The number of carbonyl (C=O) groups is 1. The molecule has 1 heterocycles. The van der Waals surface area contributed by atoms with Crippen molar-refractivity contribution in [2.45, 2.75) is 51.4 Å². The van der Waals surface area contributed by atoms with Crippen molar-refractivity contribution >= 4 is 33.1 Å². The molecule has 0 unspecified atom stereocenters. The molecule has 0 aliphatic carbocycles. The second-order valence-corrected chi connectivity index (χ2v) is 8.60. The first-order chi connectivity index (χ1) is 9.04. The lowest BCUT2D eigenvalue weighted by molar-refractivity contribution is -0.120. The van der Waals surface area contributed by atoms with Crippen LogP contribution >= 0.6 is 15.9 Å². The Hall–Kier alpha value is -1.09. The zero-order chi connectivity index (χ0) is 15.3. The van der Waals surface area contributed by atoms with Gasteiger partial charge in [-0.1, -0.05) is 33.6 Å². The summed E-state index contributed by atoms with van der Waals surface area (Å²) < 4.78 is -0.578. The Morgan fingerprint density at radius 2 is 1.85 bits per heavy atom. The molecule has 0 N–H and O–H groups in total. The average molecular weight is 336 g/mol. The Morgan fingerprint density at radius 3 is 2.40 bits per heavy atom. The minimum Gasteiger partial charge on any atom is -0.302 e. The van der Waals surface area contributed by atoms with Gasteiger partial charge < -0.3 is 4.90 Å². The standard InChI is InChI=1S/C17H22BrNO/c1-11-7-8-14-13(9-11)12(2)10-16(3,4)19(14)15(20)17(5,6)18/h7-10H,1-6H3. The molecule has 1 aliphatic rings. The number of anilines is 1. The highest BCUT2D eigenvalue weighted by atomic mass is 79.9. The number of carbonyl (C=O) groups excluding carboxylic acids is 1. The number of aryl methyl sites for hydroxylation is 1. The highest BCUT2D eigenvalue weighted by Crippen LogP contribution is 2.41. The van der Waals surface area contributed by atoms with Crippen molar-refractivity contribution in [2.24, 2.45) is 0 Å². The van der Waals surface area contributed by atoms with Crippen LogP contribution in [0.3, 0.4) is 0 Å². The summed E-state index contributed by atoms with van der Waals surface area (Å²) in [6, 6.07) is 6.27. The zero-order valence-electron chi connectivity index (χ0n) is 13.0. The number of halogens is 1. The van der Waals surface area contributed by atoms with Gasteiger partial charge in [0.2, 0.25) is 5.91 Å². The molecule has 0 fully saturated rings. The molecule has 0 saturated heterocycles. The van der Waals surface area contributed by atoms with E-state index in [2.05, 4.69) is 67.9 Å². The Balaban J connectivity index is 2.66. The Labute approximate surface area is 130 Å². The quantitative estimate of drug-likeness (QED) is 0.681. The van der Waals surface area contributed by atoms with Gasteiger partial charge in [0.1, 0.15) is 0 Å². The third-order valence-corrected chi connectivity index (χ3v) is 4.01. The number of allylic oxidation sites excluding steroid dienone is 1. The van der Waals surface area contributed by atoms with Crippen molar-refractivity contribution in [3.63, 3.8) is 0 Å². The molecule has 0 atom stereocenters. The molecule has 0 bridgehead atoms. The fourth-order valence-electron chi connectivity index (χ4n) is 2.78. The van der Waals surface area contributed by atoms with E-state index in [1.807, 2.05) is 18.7 Å². The van der Waals surface area contributed by atoms with Gasteiger partial charge in [-0.3, -0.25) is 4.79 Å². The second kappa shape index (κ2) is 4.73. The molecular formula is C17H22BrNO. The summed E-state index contributed by atoms with van der Waals surface area (Å²) in [5, 5.41) is 0. The molecule has 1 amide bonds. The molecule has 2 rings (SSSR count). The lowest BCUT2D eigenvalue weighted by atomic mass is 9.87. The monoisotopic (exact) mass is 335 g/mol. The Bertz CT molecular complexity index is 593. The second-order valence-electron chi connectivity index (χ2n) is 6.61. The van der Waals surface area contributed by atoms with E-state index >= 15 is 0 Å². The van der Waals surface area contributed by atoms with E-state index in [4.69, 9.17) is 0 Å². The van der Waals surface area contributed by atoms with Gasteiger partial charge in [0, 0.05) is 5.56 Å². The summed E-state index contributed by atoms with van der Waals surface area (Å²) in [5.41, 5.74) is 4.26. The number of nitrogens with zero attached hydrogens (tertiary/aromatic N) is 1. The van der Waals surface area contributed by atoms with Crippen molar-refractivity contribution in [2.75, 3.05) is 4.90 Å². The fraction of sp³-hybridized carbons (Fsp3) is 0.471. The van der Waals surface area contributed by atoms with Crippen LogP contribution in [0.5, 0.6) is 0 Å². The summed E-state index contributed by atoms with van der Waals surface area (Å²) in [4.78, 5) is 14.7. The Morgan fingerprint density at radius 1 is 1.25 bits per heavy atom. The largest absolute Gasteiger partial charge is 0.302 e. The molecule has 0 spiro atoms. The van der Waals surface area contributed by atoms with Gasteiger partial charge in [0.15, 0.2) is 0 Å². The van der Waals surface area contributed by atoms with Crippen LogP contribution in [0.4, 0.5) is 5.69 Å². The van der Waals surface area contributed by atoms with Crippen LogP contribution in [-0.2, 0) is 4.79 Å². The number of amides is 1. The van der Waals surface area contributed by atoms with Gasteiger partial charge in [-0.25, -0.2) is 0 Å². The number of fused-ring (bicyclic) bond motifs is 1. The summed E-state index contributed by atoms with van der Waals surface area (Å²) in [5.74, 6) is 0.0800. The van der Waals surface area contributed by atoms with Crippen LogP contribution in [0.15, 0.2) is 24.3 Å². The first kappa shape index (κ1) is 15.3. The smallest absolute Gasteiger partial charge is 0.244 e. The van der Waals surface area contributed by atoms with Crippen molar-refractivity contribution in [3.8, 4) is 0 Å². The van der Waals surface area contributed by atoms with Crippen LogP contribution in [0.2, 0.25) is 0 Å². The minimum absolute atomic E-state index is 0.0800. The summed E-state index contributed by atoms with van der Waals surface area (Å²) in [7, 11) is 0. The number of hydrogen-bond donors (Lipinski definition) is 0. The van der Waals surface area contributed by atoms with Crippen molar-refractivity contribution in [1.29, 1.82) is 0 Å². The van der Waals surface area contributed by atoms with Crippen molar-refractivity contribution in [3.05, 3.63) is 35.4 Å². The molecule has 3 heteroatoms. The maximum atomic E-state index is 12.8. The van der Waals surface area contributed by atoms with Gasteiger partial charge in [-0.15, -0.1) is 0 Å². The molecule has 0 saturated carbocycles. The molecule has 20 heavy (non-hydrogen) atoms. The van der Waals surface area contributed by atoms with E-state index in [9.17, 15) is 4.79 Å². The summed E-state index contributed by atoms with van der Waals surface area (Å²) in [6.45, 7) is 12.1. The van der Waals surface area contributed by atoms with Crippen LogP contribution in [-0.4, -0.2) is 15.8 Å². The molecule has 2 nitrogen and oxygen atoms in total. The molecule has 0 radical (unpaired) electrons. The van der Waals surface area contributed by atoms with Crippen LogP contribution in [0, 0.1) is 6.92 Å². The SMILES string of the molecule is CC1=CC(C)(C)N(C(=O)C(C)(C)Br)c2ccc(C)cc21. The minimum atomic E-state index is -0.578. The lowest BCUT2D eigenvalue weighted by Gasteiger charge is -2.43. The van der Waals surface area contributed by atoms with E-state index in [1.165, 1.54) is 11.1 Å². The third kappa shape index (κ3) is 2.56. The summed E-state index contributed by atoms with van der Waals surface area (Å²) >= 11 is 3.50. The molecular weight excluding hydrogens is 314 g/mol. The maximum Gasteiger partial charge on any atom is 0.244 e. The van der Waals surface area contributed by atoms with Crippen LogP contribution in [0.1, 0.15) is 45.7 Å². The van der Waals surface area contributed by atoms with Gasteiger partial charge in [0.05, 0.1) is 15.6 Å². The first-order valence-electron chi connectivity index (χ1n) is 6.88. The van der Waals surface area contributed by atoms with Gasteiger partial charge >= 0.3 is 0 Å². The third-order valence-electron chi connectivity index (χ3n) is 3.68. The number of hydrogen-bond acceptors (Lipinski definition) is 1. The normalized spacial score (nSPS) is 17.6. The van der Waals surface area contributed by atoms with Gasteiger partial charge in [0.25, 0.3) is 0 Å². The Kier molecular flexibility index (Phi) is 3.62. The topological polar surface area (TPSA) is 20.3 Å². The molecule has 1 aromatic carbocycles. The maximum absolute atomic E-state index is 12.8. The van der Waals surface area contributed by atoms with Crippen LogP contribution in [0.25, 0.3) is 5.57 Å². The zero-order valence-corrected chi connectivity index (χ0v) is 14.6. The highest BCUT2D eigenvalue weighted by Gasteiger charge is 2.40. The number of benzene rings is 1. The van der Waals surface area contributed by atoms with E-state index in [1.54, 1.807) is 0 Å². The fourth-order valence-corrected chi connectivity index (χ4v) is 2.96. The van der Waals surface area contributed by atoms with Crippen molar-refractivity contribution < 1.29 is 4.79 Å². The van der Waals surface area contributed by atoms with E-state index < -0.39 is 4.32 Å². The molecule has 0 aromatic heterocycles. The van der Waals surface area contributed by atoms with E-state index in [-0.39, 0.29) is 11.4 Å². The van der Waals surface area contributed by atoms with Gasteiger partial charge in [-0.2, -0.15) is 0 Å². The van der Waals surface area contributed by atoms with E-state index in [0.29, 0.717) is 0 Å². The number of rotatable bonds is 1. The predicted octanol–water partition coefficient (Wildman–Crippen LogP) is 4.70. The predicted molar refractivity (Wildman–Crippen MR) is 89.4 cm³/mol. The van der Waals surface area contributed by atoms with Gasteiger partial charge in [-0.05, 0) is 59.2 Å². The lowest BCUT2D eigenvalue weighted by Crippen LogP contribution is -2.54. The average Bonchev–Trinajstić information content (AvgIpc) is 2.27. The number of alkyl halides is 1. The van der Waals surface area contributed by atoms with Crippen molar-refractivity contribution in [1.82, 2.24) is 0 Å². The molecule has 1 aromatic rings.